The van der Waals surface area contributed by atoms with Gasteiger partial charge in [-0.2, -0.15) is 5.01 Å². The number of phenolic OH excluding ortho intramolecular Hbond substituents is 2. The number of nitrogens with one attached hydrogen (secondary N) is 1. The van der Waals surface area contributed by atoms with Crippen molar-refractivity contribution in [3.8, 4) is 23.0 Å². The molecule has 282 valence electrons. The molecule has 2 heterocycles. The van der Waals surface area contributed by atoms with Crippen molar-refractivity contribution in [2.24, 2.45) is 23.7 Å². The molecule has 1 saturated carbocycles. The molecule has 3 N–H and O–H groups in total. The number of rotatable bonds is 9. The van der Waals surface area contributed by atoms with Gasteiger partial charge in [-0.1, -0.05) is 47.5 Å². The number of nitrogens with zero attached hydrogens (tertiary/aromatic N) is 2. The minimum Gasteiger partial charge on any atom is -0.508 e. The summed E-state index contributed by atoms with van der Waals surface area (Å²) < 4.78 is 25.7. The van der Waals surface area contributed by atoms with Crippen LogP contribution in [0, 0.1) is 29.5 Å². The number of imide groups is 2. The fourth-order valence-electron chi connectivity index (χ4n) is 9.37. The van der Waals surface area contributed by atoms with E-state index in [1.54, 1.807) is 48.5 Å². The van der Waals surface area contributed by atoms with Gasteiger partial charge < -0.3 is 19.7 Å². The fourth-order valence-corrected chi connectivity index (χ4v) is 9.49. The normalized spacial score (nSPS) is 25.7. The second kappa shape index (κ2) is 13.8. The molecule has 6 unspecified atom stereocenters. The molecule has 2 aliphatic heterocycles. The first kappa shape index (κ1) is 36.1. The number of phenols is 2. The van der Waals surface area contributed by atoms with Gasteiger partial charge in [-0.15, -0.1) is 0 Å². The van der Waals surface area contributed by atoms with Crippen molar-refractivity contribution < 1.29 is 43.3 Å². The van der Waals surface area contributed by atoms with E-state index in [2.05, 4.69) is 5.43 Å². The Bertz CT molecular complexity index is 2220. The Labute approximate surface area is 320 Å². The van der Waals surface area contributed by atoms with Crippen LogP contribution in [0.4, 0.5) is 10.1 Å². The van der Waals surface area contributed by atoms with Crippen LogP contribution in [0.25, 0.3) is 0 Å². The summed E-state index contributed by atoms with van der Waals surface area (Å²) in [6.07, 6.45) is 2.55. The van der Waals surface area contributed by atoms with Gasteiger partial charge in [0, 0.05) is 35.2 Å². The first-order valence-corrected chi connectivity index (χ1v) is 18.3. The largest absolute Gasteiger partial charge is 0.508 e. The van der Waals surface area contributed by atoms with Gasteiger partial charge in [-0.25, -0.2) is 4.39 Å². The van der Waals surface area contributed by atoms with Crippen LogP contribution in [0.2, 0.25) is 5.02 Å². The molecule has 0 radical (unpaired) electrons. The van der Waals surface area contributed by atoms with Crippen LogP contribution in [-0.4, -0.2) is 64.5 Å². The summed E-state index contributed by atoms with van der Waals surface area (Å²) in [7, 11) is 2.84. The number of hydrogen-bond acceptors (Lipinski definition) is 9. The summed E-state index contributed by atoms with van der Waals surface area (Å²) in [4.78, 5) is 60.2. The van der Waals surface area contributed by atoms with Crippen LogP contribution in [0.5, 0.6) is 23.0 Å². The van der Waals surface area contributed by atoms with Crippen LogP contribution in [0.15, 0.2) is 96.6 Å². The molecule has 13 heteroatoms. The second-order valence-corrected chi connectivity index (χ2v) is 14.8. The van der Waals surface area contributed by atoms with Gasteiger partial charge in [-0.05, 0) is 84.8 Å². The van der Waals surface area contributed by atoms with Crippen molar-refractivity contribution in [1.82, 2.24) is 9.91 Å². The number of halogens is 2. The lowest BCUT2D eigenvalue weighted by Gasteiger charge is -2.51. The molecular formula is C42H37ClFN3O8. The highest BCUT2D eigenvalue weighted by Crippen LogP contribution is 2.66. The highest BCUT2D eigenvalue weighted by Gasteiger charge is 2.71. The van der Waals surface area contributed by atoms with Crippen LogP contribution < -0.4 is 14.9 Å². The molecule has 0 bridgehead atoms. The SMILES string of the molecule is COc1cc(O)cc(OC)c1C1C2=CCC3C(=O)N(CCc4ccc(O)cc4)C(=O)C3C2CC2C(=O)N(Nc3ccc(F)cc3)C(=O)C21c1ccc(Cl)cc1. The van der Waals surface area contributed by atoms with Gasteiger partial charge in [0.15, 0.2) is 0 Å². The number of anilines is 1. The maximum absolute atomic E-state index is 15.4. The molecule has 4 aromatic rings. The van der Waals surface area contributed by atoms with Gasteiger partial charge in [0.1, 0.15) is 28.8 Å². The lowest BCUT2D eigenvalue weighted by molar-refractivity contribution is -0.141. The molecule has 2 aliphatic carbocycles. The van der Waals surface area contributed by atoms with Gasteiger partial charge in [0.05, 0.1) is 43.1 Å². The Hall–Kier alpha value is -5.88. The number of fused-ring (bicyclic) bond motifs is 4. The van der Waals surface area contributed by atoms with Crippen molar-refractivity contribution in [3.63, 3.8) is 0 Å². The number of carbonyl (C=O) groups is 4. The predicted octanol–water partition coefficient (Wildman–Crippen LogP) is 6.14. The summed E-state index contributed by atoms with van der Waals surface area (Å²) in [5.41, 5.74) is 3.90. The van der Waals surface area contributed by atoms with Crippen LogP contribution in [-0.2, 0) is 31.0 Å². The third kappa shape index (κ3) is 5.69. The van der Waals surface area contributed by atoms with Gasteiger partial charge >= 0.3 is 0 Å². The maximum atomic E-state index is 15.4. The number of carbonyl (C=O) groups excluding carboxylic acids is 4. The zero-order chi connectivity index (χ0) is 38.8. The van der Waals surface area contributed by atoms with Crippen molar-refractivity contribution in [1.29, 1.82) is 0 Å². The topological polar surface area (TPSA) is 146 Å². The van der Waals surface area contributed by atoms with Crippen molar-refractivity contribution >= 4 is 40.9 Å². The third-order valence-corrected chi connectivity index (χ3v) is 12.0. The minimum atomic E-state index is -1.67. The van der Waals surface area contributed by atoms with Gasteiger partial charge in [0.25, 0.3) is 11.8 Å². The molecule has 55 heavy (non-hydrogen) atoms. The van der Waals surface area contributed by atoms with Crippen molar-refractivity contribution in [3.05, 3.63) is 124 Å². The standard InChI is InChI=1S/C42H37ClFN3O8/c1-54-33-19-28(49)20-34(55-2)36(33)37-29-15-16-30-35(40(52)46(38(30)50)18-17-22-3-13-27(48)14-4-22)31(29)21-32-39(51)47(45-26-11-9-25(44)10-12-26)41(53)42(32,37)23-5-7-24(43)8-6-23/h3-15,19-20,30-32,35,37,45,48-49H,16-18,21H2,1-2H3. The molecule has 0 spiro atoms. The summed E-state index contributed by atoms with van der Waals surface area (Å²) in [6, 6.07) is 21.3. The maximum Gasteiger partial charge on any atom is 0.260 e. The zero-order valence-corrected chi connectivity index (χ0v) is 30.6. The number of ether oxygens (including phenoxy) is 2. The molecule has 11 nitrogen and oxygen atoms in total. The average Bonchev–Trinajstić information content (AvgIpc) is 3.55. The van der Waals surface area contributed by atoms with E-state index in [9.17, 15) is 29.0 Å². The molecule has 0 aromatic heterocycles. The fraction of sp³-hybridized carbons (Fsp3) is 0.286. The summed E-state index contributed by atoms with van der Waals surface area (Å²) >= 11 is 6.39. The van der Waals surface area contributed by atoms with Crippen LogP contribution in [0.1, 0.15) is 35.4 Å². The van der Waals surface area contributed by atoms with Crippen molar-refractivity contribution in [2.45, 2.75) is 30.6 Å². The Kier molecular flexibility index (Phi) is 9.03. The van der Waals surface area contributed by atoms with Crippen LogP contribution >= 0.6 is 11.6 Å². The summed E-state index contributed by atoms with van der Waals surface area (Å²) in [6.45, 7) is 0.130. The Morgan fingerprint density at radius 2 is 1.49 bits per heavy atom. The monoisotopic (exact) mass is 765 g/mol. The minimum absolute atomic E-state index is 0.0475. The number of hydrazine groups is 1. The van der Waals surface area contributed by atoms with E-state index in [0.29, 0.717) is 33.8 Å². The Morgan fingerprint density at radius 1 is 0.836 bits per heavy atom. The van der Waals surface area contributed by atoms with E-state index in [1.807, 2.05) is 6.08 Å². The van der Waals surface area contributed by atoms with E-state index >= 15 is 4.79 Å². The van der Waals surface area contributed by atoms with E-state index in [0.717, 1.165) is 10.6 Å². The number of benzene rings is 4. The summed E-state index contributed by atoms with van der Waals surface area (Å²) in [5, 5.41) is 21.8. The molecule has 4 aliphatic rings. The molecular weight excluding hydrogens is 729 g/mol. The number of hydrogen-bond donors (Lipinski definition) is 3. The van der Waals surface area contributed by atoms with E-state index in [4.69, 9.17) is 21.1 Å². The predicted molar refractivity (Wildman–Crippen MR) is 199 cm³/mol. The van der Waals surface area contributed by atoms with E-state index in [1.165, 1.54) is 55.5 Å². The van der Waals surface area contributed by atoms with Crippen molar-refractivity contribution in [2.75, 3.05) is 26.2 Å². The van der Waals surface area contributed by atoms with Gasteiger partial charge in [-0.3, -0.25) is 29.5 Å². The molecule has 4 aromatic carbocycles. The molecule has 2 saturated heterocycles. The highest BCUT2D eigenvalue weighted by molar-refractivity contribution is 6.30. The quantitative estimate of drug-likeness (QED) is 0.135. The second-order valence-electron chi connectivity index (χ2n) is 14.4. The summed E-state index contributed by atoms with van der Waals surface area (Å²) in [5.74, 6) is -6.28. The zero-order valence-electron chi connectivity index (χ0n) is 29.9. The Morgan fingerprint density at radius 3 is 2.13 bits per heavy atom. The lowest BCUT2D eigenvalue weighted by Crippen LogP contribution is -2.53. The van der Waals surface area contributed by atoms with E-state index in [-0.39, 0.29) is 54.2 Å². The number of aromatic hydroxyl groups is 2. The highest BCUT2D eigenvalue weighted by atomic mass is 35.5. The molecule has 4 amide bonds. The smallest absolute Gasteiger partial charge is 0.260 e. The van der Waals surface area contributed by atoms with Crippen LogP contribution in [0.3, 0.4) is 0 Å². The Balaban J connectivity index is 1.31. The first-order valence-electron chi connectivity index (χ1n) is 17.9. The average molecular weight is 766 g/mol. The third-order valence-electron chi connectivity index (χ3n) is 11.7. The first-order chi connectivity index (χ1) is 26.5. The molecule has 8 rings (SSSR count). The molecule has 6 atom stereocenters. The van der Waals surface area contributed by atoms with Gasteiger partial charge in [0.2, 0.25) is 11.8 Å². The number of allylic oxidation sites excluding steroid dienone is 2. The lowest BCUT2D eigenvalue weighted by atomic mass is 9.49. The number of likely N-dealkylation sites (tertiary alicyclic amines) is 1. The van der Waals surface area contributed by atoms with E-state index < -0.39 is 52.6 Å². The molecule has 3 fully saturated rings. The number of amides is 4. The number of methoxy groups -OCH3 is 2.